The molecule has 6 aromatic rings. The number of aliphatic carboxylic acids is 1. The summed E-state index contributed by atoms with van der Waals surface area (Å²) >= 11 is 2.47. The molecular weight excluding hydrogens is 1070 g/mol. The molecule has 4 aromatic carbocycles. The topological polar surface area (TPSA) is 151 Å². The summed E-state index contributed by atoms with van der Waals surface area (Å²) in [5.41, 5.74) is 3.15. The molecule has 69 heavy (non-hydrogen) atoms. The molecule has 11 nitrogen and oxygen atoms in total. The molecule has 1 N–H and O–H groups in total. The van der Waals surface area contributed by atoms with Gasteiger partial charge in [0.25, 0.3) is 0 Å². The van der Waals surface area contributed by atoms with Gasteiger partial charge in [0.15, 0.2) is 12.4 Å². The number of aromatic nitrogens is 2. The summed E-state index contributed by atoms with van der Waals surface area (Å²) in [5.74, 6) is -0.552. The molecule has 0 saturated heterocycles. The third kappa shape index (κ3) is 18.5. The Morgan fingerprint density at radius 2 is 1.12 bits per heavy atom. The summed E-state index contributed by atoms with van der Waals surface area (Å²) in [7, 11) is 0. The molecule has 0 bridgehead atoms. The Kier molecular flexibility index (Phi) is 23.4. The van der Waals surface area contributed by atoms with Crippen molar-refractivity contribution in [2.75, 3.05) is 20.0 Å². The van der Waals surface area contributed by atoms with Gasteiger partial charge in [-0.05, 0) is 94.3 Å². The van der Waals surface area contributed by atoms with Gasteiger partial charge in [0.05, 0.1) is 35.5 Å². The number of ketones is 1. The first-order chi connectivity index (χ1) is 31.6. The number of Topliss-reactive ketones (excluding diaryl/α,β-unsaturated/α-hetero) is 1. The fraction of sp³-hybridized carbons (Fsp3) is 0.292. The van der Waals surface area contributed by atoms with Crippen LogP contribution in [-0.2, 0) is 49.1 Å². The minimum atomic E-state index is -4.40. The van der Waals surface area contributed by atoms with Crippen molar-refractivity contribution in [3.8, 4) is 32.6 Å². The van der Waals surface area contributed by atoms with E-state index in [1.807, 2.05) is 31.2 Å². The quantitative estimate of drug-likeness (QED) is 0.0344. The number of carbonyl (C=O) groups excluding carboxylic acids is 3. The Hall–Kier alpha value is -5.94. The van der Waals surface area contributed by atoms with Gasteiger partial charge in [-0.2, -0.15) is 26.3 Å². The summed E-state index contributed by atoms with van der Waals surface area (Å²) in [6.07, 6.45) is -8.52. The van der Waals surface area contributed by atoms with E-state index in [9.17, 15) is 45.5 Å². The number of carboxylic acids is 1. The number of nitrogens with zero attached hydrogens (tertiary/aromatic N) is 2. The summed E-state index contributed by atoms with van der Waals surface area (Å²) in [6, 6.07) is 22.0. The number of carboxylic acid groups (broad SMARTS) is 1. The molecule has 372 valence electrons. The zero-order valence-electron chi connectivity index (χ0n) is 37.9. The second-order valence-corrected chi connectivity index (χ2v) is 16.5. The lowest BCUT2D eigenvalue weighted by atomic mass is 10.0. The molecule has 2 heterocycles. The van der Waals surface area contributed by atoms with E-state index in [2.05, 4.69) is 9.97 Å². The van der Waals surface area contributed by atoms with Crippen molar-refractivity contribution in [1.29, 1.82) is 0 Å². The Bertz CT molecular complexity index is 2640. The van der Waals surface area contributed by atoms with Crippen LogP contribution in [0, 0.1) is 27.7 Å². The van der Waals surface area contributed by atoms with Gasteiger partial charge >= 0.3 is 30.3 Å². The number of esters is 2. The number of benzene rings is 4. The third-order valence-corrected chi connectivity index (χ3v) is 11.7. The number of hydrogen-bond acceptors (Lipinski definition) is 12. The number of hydrogen-bond donors (Lipinski definition) is 1. The van der Waals surface area contributed by atoms with Gasteiger partial charge in [-0.3, -0.25) is 19.1 Å². The molecule has 0 radical (unpaired) electrons. The number of halogens is 8. The van der Waals surface area contributed by atoms with E-state index in [0.29, 0.717) is 55.3 Å². The molecule has 0 amide bonds. The van der Waals surface area contributed by atoms with Crippen LogP contribution < -0.4 is 9.47 Å². The Morgan fingerprint density at radius 3 is 1.57 bits per heavy atom. The van der Waals surface area contributed by atoms with E-state index in [1.165, 1.54) is 46.9 Å². The maximum absolute atomic E-state index is 12.8. The number of rotatable bonds is 15. The number of carbonyl (C=O) groups is 4. The second-order valence-electron chi connectivity index (χ2n) is 14.3. The highest BCUT2D eigenvalue weighted by Crippen LogP contribution is 2.35. The van der Waals surface area contributed by atoms with Crippen molar-refractivity contribution in [2.24, 2.45) is 0 Å². The first kappa shape index (κ1) is 59.2. The predicted molar refractivity (Wildman–Crippen MR) is 258 cm³/mol. The lowest BCUT2D eigenvalue weighted by Crippen LogP contribution is -2.14. The van der Waals surface area contributed by atoms with Crippen molar-refractivity contribution in [3.05, 3.63) is 140 Å². The number of aryl methyl sites for hydroxylation is 4. The molecule has 0 saturated carbocycles. The van der Waals surface area contributed by atoms with Crippen LogP contribution in [0.15, 0.2) is 91.0 Å². The van der Waals surface area contributed by atoms with Gasteiger partial charge in [0, 0.05) is 39.3 Å². The van der Waals surface area contributed by atoms with Gasteiger partial charge in [-0.25, -0.2) is 14.8 Å². The monoisotopic (exact) mass is 1120 g/mol. The smallest absolute Gasteiger partial charge is 0.416 e. The summed E-state index contributed by atoms with van der Waals surface area (Å²) in [5, 5.41) is 9.83. The van der Waals surface area contributed by atoms with Gasteiger partial charge in [0.1, 0.15) is 21.5 Å². The zero-order chi connectivity index (χ0) is 49.5. The average molecular weight is 1120 g/mol. The molecule has 0 aliphatic carbocycles. The van der Waals surface area contributed by atoms with Crippen molar-refractivity contribution < 1.29 is 74.3 Å². The predicted octanol–water partition coefficient (Wildman–Crippen LogP) is 12.6. The van der Waals surface area contributed by atoms with E-state index in [0.717, 1.165) is 46.0 Å². The van der Waals surface area contributed by atoms with Crippen LogP contribution >= 0.6 is 46.7 Å². The average Bonchev–Trinajstić information content (AvgIpc) is 3.83. The van der Waals surface area contributed by atoms with E-state index >= 15 is 0 Å². The minimum absolute atomic E-state index is 0. The van der Waals surface area contributed by atoms with Crippen molar-refractivity contribution >= 4 is 70.3 Å². The van der Waals surface area contributed by atoms with Crippen molar-refractivity contribution in [1.82, 2.24) is 9.97 Å². The normalized spacial score (nSPS) is 10.7. The van der Waals surface area contributed by atoms with Gasteiger partial charge in [0.2, 0.25) is 6.79 Å². The lowest BCUT2D eigenvalue weighted by Gasteiger charge is -2.10. The van der Waals surface area contributed by atoms with Crippen LogP contribution in [0.1, 0.15) is 74.0 Å². The molecule has 2 aromatic heterocycles. The molecule has 0 unspecified atom stereocenters. The van der Waals surface area contributed by atoms with Crippen LogP contribution in [0.5, 0.6) is 11.5 Å². The van der Waals surface area contributed by atoms with Crippen molar-refractivity contribution in [3.63, 3.8) is 0 Å². The van der Waals surface area contributed by atoms with Crippen LogP contribution in [0.25, 0.3) is 21.1 Å². The van der Waals surface area contributed by atoms with Gasteiger partial charge in [-0.1, -0.05) is 49.4 Å². The van der Waals surface area contributed by atoms with E-state index < -0.39 is 29.4 Å². The van der Waals surface area contributed by atoms with Crippen LogP contribution in [0.3, 0.4) is 0 Å². The Morgan fingerprint density at radius 1 is 0.623 bits per heavy atom. The highest BCUT2D eigenvalue weighted by molar-refractivity contribution is 14.0. The molecule has 0 fully saturated rings. The standard InChI is InChI=1S/C24H22F3NO4S.C13H10F3NO2S.C11H14O3.FH.HI/c1-4-22(30)32-13-31-20-10-7-17(11-14(20)2)19(29)12-21-15(3)28-23(33-21)16-5-8-18(9-6-16)24(25,26)27;1-7-10(6-11(18)19)20-12(17-7)8-2-4-9(5-3-8)13(14,15)16;1-3-13-11(12)8-14-10-7-5-4-6-9(10)2;;/h5-11H,4,12-13H2,1-3H3;2-5H,6H2,1H3,(H,18,19);4-7H,3,8H2,1-2H3;2*1H. The molecule has 0 spiro atoms. The van der Waals surface area contributed by atoms with E-state index in [1.54, 1.807) is 52.8 Å². The SMILES string of the molecule is CCC(=O)OCOc1ccc(C(=O)Cc2sc(-c3ccc(C(F)(F)F)cc3)nc2C)cc1C.CCOC(=O)COc1ccccc1C.Cc1nc(-c2ccc(C(F)(F)F)cc2)sc1CC(=O)O.F.I. The Balaban J connectivity index is 0.000000386. The second kappa shape index (κ2) is 27.3. The van der Waals surface area contributed by atoms with Crippen LogP contribution in [0.2, 0.25) is 0 Å². The molecule has 21 heteroatoms. The molecule has 0 aliphatic heterocycles. The minimum Gasteiger partial charge on any atom is -0.482 e. The van der Waals surface area contributed by atoms with E-state index in [4.69, 9.17) is 24.1 Å². The fourth-order valence-electron chi connectivity index (χ4n) is 5.72. The highest BCUT2D eigenvalue weighted by Gasteiger charge is 2.31. The molecule has 0 aliphatic rings. The zero-order valence-corrected chi connectivity index (χ0v) is 41.9. The van der Waals surface area contributed by atoms with Crippen LogP contribution in [0.4, 0.5) is 31.0 Å². The summed E-state index contributed by atoms with van der Waals surface area (Å²) in [4.78, 5) is 55.6. The third-order valence-electron chi connectivity index (χ3n) is 9.30. The maximum atomic E-state index is 12.8. The number of ether oxygens (including phenoxy) is 4. The molecule has 6 rings (SSSR count). The van der Waals surface area contributed by atoms with Crippen molar-refractivity contribution in [2.45, 2.75) is 73.2 Å². The first-order valence-corrected chi connectivity index (χ1v) is 22.0. The maximum Gasteiger partial charge on any atom is 0.416 e. The van der Waals surface area contributed by atoms with Gasteiger partial charge in [-0.15, -0.1) is 46.7 Å². The summed E-state index contributed by atoms with van der Waals surface area (Å²) < 4.78 is 96.0. The first-order valence-electron chi connectivity index (χ1n) is 20.3. The number of thiazole rings is 2. The Labute approximate surface area is 418 Å². The number of alkyl halides is 6. The molecular formula is C48H48F7IN2O9S2. The number of para-hydroxylation sites is 1. The molecule has 0 atom stereocenters. The van der Waals surface area contributed by atoms with Crippen LogP contribution in [-0.4, -0.2) is 58.8 Å². The van der Waals surface area contributed by atoms with E-state index in [-0.39, 0.29) is 79.1 Å². The highest BCUT2D eigenvalue weighted by atomic mass is 127. The summed E-state index contributed by atoms with van der Waals surface area (Å²) in [6.45, 7) is 10.8. The largest absolute Gasteiger partial charge is 0.482 e. The fourth-order valence-corrected chi connectivity index (χ4v) is 7.85. The lowest BCUT2D eigenvalue weighted by molar-refractivity contribution is -0.150. The van der Waals surface area contributed by atoms with Gasteiger partial charge < -0.3 is 24.1 Å².